The van der Waals surface area contributed by atoms with E-state index < -0.39 is 0 Å². The predicted molar refractivity (Wildman–Crippen MR) is 97.6 cm³/mol. The van der Waals surface area contributed by atoms with Crippen molar-refractivity contribution in [3.63, 3.8) is 0 Å². The lowest BCUT2D eigenvalue weighted by molar-refractivity contribution is 0.0927. The molecule has 1 N–H and O–H groups in total. The van der Waals surface area contributed by atoms with E-state index in [0.29, 0.717) is 17.6 Å². The second-order valence-electron chi connectivity index (χ2n) is 6.61. The SMILES string of the molecule is CN(CCc1ccncc1)c1ncc(C(=O)NC2CCCCC2)cn1. The lowest BCUT2D eigenvalue weighted by Gasteiger charge is -2.22. The van der Waals surface area contributed by atoms with E-state index in [4.69, 9.17) is 0 Å². The quantitative estimate of drug-likeness (QED) is 0.876. The van der Waals surface area contributed by atoms with Gasteiger partial charge >= 0.3 is 0 Å². The van der Waals surface area contributed by atoms with Crippen LogP contribution in [0.5, 0.6) is 0 Å². The fourth-order valence-electron chi connectivity index (χ4n) is 3.10. The third-order valence-electron chi connectivity index (χ3n) is 4.67. The number of nitrogens with zero attached hydrogens (tertiary/aromatic N) is 4. The molecule has 1 fully saturated rings. The number of hydrogen-bond donors (Lipinski definition) is 1. The first-order valence-corrected chi connectivity index (χ1v) is 8.95. The van der Waals surface area contributed by atoms with E-state index >= 15 is 0 Å². The van der Waals surface area contributed by atoms with E-state index in [1.165, 1.54) is 24.8 Å². The van der Waals surface area contributed by atoms with E-state index in [0.717, 1.165) is 25.8 Å². The molecule has 132 valence electrons. The molecule has 1 saturated carbocycles. The number of rotatable bonds is 6. The van der Waals surface area contributed by atoms with Crippen LogP contribution in [0.1, 0.15) is 48.0 Å². The van der Waals surface area contributed by atoms with Crippen molar-refractivity contribution in [3.8, 4) is 0 Å². The minimum atomic E-state index is -0.0714. The van der Waals surface area contributed by atoms with Gasteiger partial charge in [0.25, 0.3) is 5.91 Å². The van der Waals surface area contributed by atoms with Gasteiger partial charge in [0.15, 0.2) is 0 Å². The minimum absolute atomic E-state index is 0.0714. The van der Waals surface area contributed by atoms with E-state index in [2.05, 4.69) is 20.3 Å². The van der Waals surface area contributed by atoms with Crippen LogP contribution in [-0.2, 0) is 6.42 Å². The molecule has 6 heteroatoms. The molecule has 6 nitrogen and oxygen atoms in total. The van der Waals surface area contributed by atoms with Crippen molar-refractivity contribution in [1.29, 1.82) is 0 Å². The van der Waals surface area contributed by atoms with E-state index in [9.17, 15) is 4.79 Å². The van der Waals surface area contributed by atoms with Crippen LogP contribution in [0.3, 0.4) is 0 Å². The molecule has 0 bridgehead atoms. The Morgan fingerprint density at radius 1 is 1.16 bits per heavy atom. The molecular weight excluding hydrogens is 314 g/mol. The summed E-state index contributed by atoms with van der Waals surface area (Å²) in [7, 11) is 1.96. The van der Waals surface area contributed by atoms with Crippen molar-refractivity contribution < 1.29 is 4.79 Å². The molecule has 0 radical (unpaired) electrons. The summed E-state index contributed by atoms with van der Waals surface area (Å²) >= 11 is 0. The summed E-state index contributed by atoms with van der Waals surface area (Å²) in [6.07, 6.45) is 13.5. The second-order valence-corrected chi connectivity index (χ2v) is 6.61. The summed E-state index contributed by atoms with van der Waals surface area (Å²) in [5, 5.41) is 3.09. The fourth-order valence-corrected chi connectivity index (χ4v) is 3.10. The number of hydrogen-bond acceptors (Lipinski definition) is 5. The van der Waals surface area contributed by atoms with Gasteiger partial charge in [-0.25, -0.2) is 9.97 Å². The summed E-state index contributed by atoms with van der Waals surface area (Å²) in [5.74, 6) is 0.557. The highest BCUT2D eigenvalue weighted by molar-refractivity contribution is 5.93. The Hall–Kier alpha value is -2.50. The molecule has 0 unspecified atom stereocenters. The zero-order valence-corrected chi connectivity index (χ0v) is 14.7. The molecule has 2 aromatic heterocycles. The van der Waals surface area contributed by atoms with Crippen molar-refractivity contribution in [2.24, 2.45) is 0 Å². The average molecular weight is 339 g/mol. The van der Waals surface area contributed by atoms with Crippen molar-refractivity contribution in [1.82, 2.24) is 20.3 Å². The van der Waals surface area contributed by atoms with Crippen molar-refractivity contribution in [2.45, 2.75) is 44.6 Å². The Kier molecular flexibility index (Phi) is 5.93. The molecule has 3 rings (SSSR count). The number of likely N-dealkylation sites (N-methyl/N-ethyl adjacent to an activating group) is 1. The zero-order chi connectivity index (χ0) is 17.5. The topological polar surface area (TPSA) is 71.0 Å². The average Bonchev–Trinajstić information content (AvgIpc) is 2.68. The zero-order valence-electron chi connectivity index (χ0n) is 14.7. The Balaban J connectivity index is 1.52. The Bertz CT molecular complexity index is 668. The summed E-state index contributed by atoms with van der Waals surface area (Å²) in [4.78, 5) is 27.0. The Labute approximate surface area is 148 Å². The molecule has 0 aliphatic heterocycles. The van der Waals surface area contributed by atoms with Crippen molar-refractivity contribution in [3.05, 3.63) is 48.0 Å². The van der Waals surface area contributed by atoms with Crippen LogP contribution in [0.25, 0.3) is 0 Å². The third kappa shape index (κ3) is 4.98. The Morgan fingerprint density at radius 2 is 1.84 bits per heavy atom. The first kappa shape index (κ1) is 17.3. The molecule has 1 aliphatic carbocycles. The Morgan fingerprint density at radius 3 is 2.52 bits per heavy atom. The monoisotopic (exact) mass is 339 g/mol. The van der Waals surface area contributed by atoms with Crippen molar-refractivity contribution in [2.75, 3.05) is 18.5 Å². The van der Waals surface area contributed by atoms with E-state index in [-0.39, 0.29) is 5.91 Å². The van der Waals surface area contributed by atoms with Crippen LogP contribution in [0.4, 0.5) is 5.95 Å². The number of pyridine rings is 1. The smallest absolute Gasteiger partial charge is 0.254 e. The molecule has 0 spiro atoms. The van der Waals surface area contributed by atoms with Crippen molar-refractivity contribution >= 4 is 11.9 Å². The maximum Gasteiger partial charge on any atom is 0.254 e. The first-order chi connectivity index (χ1) is 12.2. The van der Waals surface area contributed by atoms with Gasteiger partial charge in [-0.1, -0.05) is 19.3 Å². The highest BCUT2D eigenvalue weighted by Gasteiger charge is 2.17. The molecule has 2 heterocycles. The van der Waals surface area contributed by atoms with Gasteiger partial charge < -0.3 is 10.2 Å². The maximum absolute atomic E-state index is 12.3. The number of carbonyl (C=O) groups is 1. The predicted octanol–water partition coefficient (Wildman–Crippen LogP) is 2.61. The largest absolute Gasteiger partial charge is 0.349 e. The number of amides is 1. The van der Waals surface area contributed by atoms with Gasteiger partial charge in [0.05, 0.1) is 5.56 Å². The summed E-state index contributed by atoms with van der Waals surface area (Å²) < 4.78 is 0. The van der Waals surface area contributed by atoms with Gasteiger partial charge in [0, 0.05) is 44.4 Å². The molecule has 0 atom stereocenters. The molecule has 1 amide bonds. The normalized spacial score (nSPS) is 14.9. The van der Waals surface area contributed by atoms with Crippen LogP contribution in [0.15, 0.2) is 36.9 Å². The molecule has 0 aromatic carbocycles. The van der Waals surface area contributed by atoms with Gasteiger partial charge in [0.1, 0.15) is 0 Å². The fraction of sp³-hybridized carbons (Fsp3) is 0.474. The lowest BCUT2D eigenvalue weighted by atomic mass is 9.95. The van der Waals surface area contributed by atoms with Gasteiger partial charge in [0.2, 0.25) is 5.95 Å². The van der Waals surface area contributed by atoms with Crippen LogP contribution < -0.4 is 10.2 Å². The van der Waals surface area contributed by atoms with Gasteiger partial charge in [-0.15, -0.1) is 0 Å². The standard InChI is InChI=1S/C19H25N5O/c1-24(12-9-15-7-10-20-11-8-15)19-21-13-16(14-22-19)18(25)23-17-5-3-2-4-6-17/h7-8,10-11,13-14,17H,2-6,9,12H2,1H3,(H,23,25). The highest BCUT2D eigenvalue weighted by atomic mass is 16.1. The first-order valence-electron chi connectivity index (χ1n) is 8.95. The molecule has 1 aliphatic rings. The number of anilines is 1. The third-order valence-corrected chi connectivity index (χ3v) is 4.67. The molecule has 2 aromatic rings. The number of carbonyl (C=O) groups excluding carboxylic acids is 1. The minimum Gasteiger partial charge on any atom is -0.349 e. The van der Waals surface area contributed by atoms with Crippen LogP contribution in [0.2, 0.25) is 0 Å². The highest BCUT2D eigenvalue weighted by Crippen LogP contribution is 2.18. The summed E-state index contributed by atoms with van der Waals surface area (Å²) in [5.41, 5.74) is 1.75. The molecule has 0 saturated heterocycles. The second kappa shape index (κ2) is 8.55. The van der Waals surface area contributed by atoms with Crippen LogP contribution in [-0.4, -0.2) is 40.5 Å². The molecule has 25 heavy (non-hydrogen) atoms. The maximum atomic E-state index is 12.3. The number of nitrogens with one attached hydrogen (secondary N) is 1. The lowest BCUT2D eigenvalue weighted by Crippen LogP contribution is -2.36. The van der Waals surface area contributed by atoms with Gasteiger partial charge in [-0.05, 0) is 37.0 Å². The van der Waals surface area contributed by atoms with E-state index in [1.54, 1.807) is 24.8 Å². The van der Waals surface area contributed by atoms with Crippen LogP contribution >= 0.6 is 0 Å². The van der Waals surface area contributed by atoms with Crippen LogP contribution in [0, 0.1) is 0 Å². The van der Waals surface area contributed by atoms with Gasteiger partial charge in [-0.2, -0.15) is 0 Å². The van der Waals surface area contributed by atoms with Gasteiger partial charge in [-0.3, -0.25) is 9.78 Å². The summed E-state index contributed by atoms with van der Waals surface area (Å²) in [6.45, 7) is 0.803. The summed E-state index contributed by atoms with van der Waals surface area (Å²) in [6, 6.07) is 4.31. The van der Waals surface area contributed by atoms with E-state index in [1.807, 2.05) is 24.1 Å². The molecular formula is C19H25N5O. The number of aromatic nitrogens is 3.